The van der Waals surface area contributed by atoms with Crippen molar-refractivity contribution in [1.29, 1.82) is 0 Å². The zero-order valence-corrected chi connectivity index (χ0v) is 12.6. The average Bonchev–Trinajstić information content (AvgIpc) is 2.34. The molecule has 0 bridgehead atoms. The van der Waals surface area contributed by atoms with E-state index in [0.29, 0.717) is 19.5 Å². The SMILES string of the molecule is COc1ccc(Br)cc1CNCCC(=O)N(C)C. The molecule has 1 amide bonds. The molecule has 5 heteroatoms. The number of nitrogens with one attached hydrogen (secondary N) is 1. The molecule has 0 aromatic heterocycles. The van der Waals surface area contributed by atoms with Crippen molar-refractivity contribution in [3.8, 4) is 5.75 Å². The quantitative estimate of drug-likeness (QED) is 0.817. The summed E-state index contributed by atoms with van der Waals surface area (Å²) in [6.07, 6.45) is 0.503. The Labute approximate surface area is 116 Å². The number of halogens is 1. The number of hydrogen-bond donors (Lipinski definition) is 1. The van der Waals surface area contributed by atoms with Gasteiger partial charge in [0.25, 0.3) is 0 Å². The molecule has 4 nitrogen and oxygen atoms in total. The average molecular weight is 315 g/mol. The molecule has 1 aromatic carbocycles. The van der Waals surface area contributed by atoms with E-state index in [1.807, 2.05) is 18.2 Å². The first-order chi connectivity index (χ1) is 8.54. The lowest BCUT2D eigenvalue weighted by Crippen LogP contribution is -2.26. The monoisotopic (exact) mass is 314 g/mol. The minimum Gasteiger partial charge on any atom is -0.496 e. The van der Waals surface area contributed by atoms with Gasteiger partial charge >= 0.3 is 0 Å². The van der Waals surface area contributed by atoms with Gasteiger partial charge in [-0.2, -0.15) is 0 Å². The molecule has 1 N–H and O–H groups in total. The molecular formula is C13H19BrN2O2. The molecule has 0 aliphatic heterocycles. The predicted octanol–water partition coefficient (Wildman–Crippen LogP) is 2.03. The first-order valence-electron chi connectivity index (χ1n) is 5.78. The second-order valence-corrected chi connectivity index (χ2v) is 5.09. The van der Waals surface area contributed by atoms with Gasteiger partial charge in [-0.25, -0.2) is 0 Å². The lowest BCUT2D eigenvalue weighted by Gasteiger charge is -2.12. The van der Waals surface area contributed by atoms with Gasteiger partial charge in [0, 0.05) is 43.6 Å². The number of carbonyl (C=O) groups is 1. The van der Waals surface area contributed by atoms with Crippen LogP contribution in [0.25, 0.3) is 0 Å². The number of hydrogen-bond acceptors (Lipinski definition) is 3. The summed E-state index contributed by atoms with van der Waals surface area (Å²) in [5.41, 5.74) is 1.07. The van der Waals surface area contributed by atoms with Crippen LogP contribution in [0.1, 0.15) is 12.0 Å². The van der Waals surface area contributed by atoms with E-state index in [2.05, 4.69) is 21.2 Å². The number of rotatable bonds is 6. The largest absolute Gasteiger partial charge is 0.496 e. The Hall–Kier alpha value is -1.07. The second-order valence-electron chi connectivity index (χ2n) is 4.17. The summed E-state index contributed by atoms with van der Waals surface area (Å²) in [5.74, 6) is 0.980. The van der Waals surface area contributed by atoms with Crippen molar-refractivity contribution < 1.29 is 9.53 Å². The fourth-order valence-electron chi connectivity index (χ4n) is 1.53. The molecule has 0 heterocycles. The molecule has 0 atom stereocenters. The highest BCUT2D eigenvalue weighted by Crippen LogP contribution is 2.22. The number of benzene rings is 1. The number of methoxy groups -OCH3 is 1. The van der Waals surface area contributed by atoms with Crippen LogP contribution in [0.4, 0.5) is 0 Å². The van der Waals surface area contributed by atoms with E-state index in [-0.39, 0.29) is 5.91 Å². The normalized spacial score (nSPS) is 10.2. The maximum atomic E-state index is 11.4. The van der Waals surface area contributed by atoms with Gasteiger partial charge in [-0.3, -0.25) is 4.79 Å². The summed E-state index contributed by atoms with van der Waals surface area (Å²) < 4.78 is 6.30. The van der Waals surface area contributed by atoms with E-state index in [9.17, 15) is 4.79 Å². The highest BCUT2D eigenvalue weighted by atomic mass is 79.9. The van der Waals surface area contributed by atoms with Gasteiger partial charge in [0.05, 0.1) is 7.11 Å². The molecule has 0 aliphatic carbocycles. The molecule has 0 fully saturated rings. The van der Waals surface area contributed by atoms with Crippen molar-refractivity contribution in [3.63, 3.8) is 0 Å². The van der Waals surface area contributed by atoms with Crippen molar-refractivity contribution >= 4 is 21.8 Å². The standard InChI is InChI=1S/C13H19BrN2O2/c1-16(2)13(17)6-7-15-9-10-8-11(14)4-5-12(10)18-3/h4-5,8,15H,6-7,9H2,1-3H3. The minimum absolute atomic E-state index is 0.128. The Kier molecular flexibility index (Phi) is 6.15. The van der Waals surface area contributed by atoms with Crippen molar-refractivity contribution in [2.45, 2.75) is 13.0 Å². The summed E-state index contributed by atoms with van der Waals surface area (Å²) in [6, 6.07) is 5.88. The molecule has 100 valence electrons. The summed E-state index contributed by atoms with van der Waals surface area (Å²) in [7, 11) is 5.18. The summed E-state index contributed by atoms with van der Waals surface area (Å²) in [5, 5.41) is 3.24. The van der Waals surface area contributed by atoms with E-state index in [4.69, 9.17) is 4.74 Å². The van der Waals surface area contributed by atoms with E-state index in [0.717, 1.165) is 15.8 Å². The van der Waals surface area contributed by atoms with Crippen LogP contribution < -0.4 is 10.1 Å². The first-order valence-corrected chi connectivity index (χ1v) is 6.57. The molecule has 0 aliphatic rings. The Morgan fingerprint density at radius 2 is 2.17 bits per heavy atom. The van der Waals surface area contributed by atoms with Crippen molar-refractivity contribution in [2.75, 3.05) is 27.7 Å². The van der Waals surface area contributed by atoms with E-state index in [1.165, 1.54) is 0 Å². The van der Waals surface area contributed by atoms with Crippen LogP contribution >= 0.6 is 15.9 Å². The molecular weight excluding hydrogens is 296 g/mol. The topological polar surface area (TPSA) is 41.6 Å². The Bertz CT molecular complexity index is 408. The fourth-order valence-corrected chi connectivity index (χ4v) is 1.94. The van der Waals surface area contributed by atoms with Crippen LogP contribution in [0.15, 0.2) is 22.7 Å². The van der Waals surface area contributed by atoms with Crippen LogP contribution in [-0.2, 0) is 11.3 Å². The lowest BCUT2D eigenvalue weighted by molar-refractivity contribution is -0.128. The number of amides is 1. The molecule has 1 aromatic rings. The van der Waals surface area contributed by atoms with Gasteiger partial charge in [-0.1, -0.05) is 15.9 Å². The number of carbonyl (C=O) groups excluding carboxylic acids is 1. The highest BCUT2D eigenvalue weighted by molar-refractivity contribution is 9.10. The Balaban J connectivity index is 2.44. The third-order valence-electron chi connectivity index (χ3n) is 2.57. The van der Waals surface area contributed by atoms with Crippen LogP contribution in [0.3, 0.4) is 0 Å². The number of ether oxygens (including phenoxy) is 1. The smallest absolute Gasteiger partial charge is 0.223 e. The van der Waals surface area contributed by atoms with Crippen molar-refractivity contribution in [2.24, 2.45) is 0 Å². The van der Waals surface area contributed by atoms with Crippen molar-refractivity contribution in [3.05, 3.63) is 28.2 Å². The molecule has 18 heavy (non-hydrogen) atoms. The molecule has 0 saturated heterocycles. The molecule has 1 rings (SSSR count). The van der Waals surface area contributed by atoms with E-state index < -0.39 is 0 Å². The first kappa shape index (κ1) is 15.0. The van der Waals surface area contributed by atoms with Gasteiger partial charge in [-0.15, -0.1) is 0 Å². The lowest BCUT2D eigenvalue weighted by atomic mass is 10.2. The van der Waals surface area contributed by atoms with E-state index >= 15 is 0 Å². The second kappa shape index (κ2) is 7.38. The van der Waals surface area contributed by atoms with Gasteiger partial charge in [0.1, 0.15) is 5.75 Å². The van der Waals surface area contributed by atoms with Crippen LogP contribution in [0, 0.1) is 0 Å². The third kappa shape index (κ3) is 4.66. The van der Waals surface area contributed by atoms with Gasteiger partial charge in [0.15, 0.2) is 0 Å². The summed E-state index contributed by atoms with van der Waals surface area (Å²) in [6.45, 7) is 1.34. The Morgan fingerprint density at radius 3 is 2.78 bits per heavy atom. The third-order valence-corrected chi connectivity index (χ3v) is 3.07. The summed E-state index contributed by atoms with van der Waals surface area (Å²) in [4.78, 5) is 13.0. The molecule has 0 unspecified atom stereocenters. The van der Waals surface area contributed by atoms with Gasteiger partial charge in [-0.05, 0) is 18.2 Å². The zero-order valence-electron chi connectivity index (χ0n) is 11.0. The molecule has 0 radical (unpaired) electrons. The van der Waals surface area contributed by atoms with Crippen LogP contribution in [0.2, 0.25) is 0 Å². The van der Waals surface area contributed by atoms with Crippen LogP contribution in [0.5, 0.6) is 5.75 Å². The van der Waals surface area contributed by atoms with Crippen molar-refractivity contribution in [1.82, 2.24) is 10.2 Å². The fraction of sp³-hybridized carbons (Fsp3) is 0.462. The maximum absolute atomic E-state index is 11.4. The minimum atomic E-state index is 0.128. The van der Waals surface area contributed by atoms with Gasteiger partial charge < -0.3 is 15.0 Å². The zero-order chi connectivity index (χ0) is 13.5. The summed E-state index contributed by atoms with van der Waals surface area (Å²) >= 11 is 3.43. The van der Waals surface area contributed by atoms with Gasteiger partial charge in [0.2, 0.25) is 5.91 Å². The number of nitrogens with zero attached hydrogens (tertiary/aromatic N) is 1. The highest BCUT2D eigenvalue weighted by Gasteiger charge is 2.05. The maximum Gasteiger partial charge on any atom is 0.223 e. The molecule has 0 spiro atoms. The predicted molar refractivity (Wildman–Crippen MR) is 75.7 cm³/mol. The molecule has 0 saturated carbocycles. The Morgan fingerprint density at radius 1 is 1.44 bits per heavy atom. The van der Waals surface area contributed by atoms with Crippen LogP contribution in [-0.4, -0.2) is 38.6 Å². The van der Waals surface area contributed by atoms with E-state index in [1.54, 1.807) is 26.1 Å².